The van der Waals surface area contributed by atoms with Gasteiger partial charge in [0.2, 0.25) is 0 Å². The van der Waals surface area contributed by atoms with Gasteiger partial charge >= 0.3 is 0 Å². The Labute approximate surface area is 163 Å². The Hall–Kier alpha value is -2.74. The molecule has 0 aliphatic carbocycles. The summed E-state index contributed by atoms with van der Waals surface area (Å²) in [5.74, 6) is 0. The van der Waals surface area contributed by atoms with E-state index in [0.29, 0.717) is 0 Å². The van der Waals surface area contributed by atoms with Gasteiger partial charge in [-0.2, -0.15) is 0 Å². The Bertz CT molecular complexity index is 759. The molecule has 27 heavy (non-hydrogen) atoms. The largest absolute Gasteiger partial charge is 0.352 e. The number of hydrogen-bond acceptors (Lipinski definition) is 2. The Kier molecular flexibility index (Phi) is 5.73. The van der Waals surface area contributed by atoms with E-state index in [9.17, 15) is 0 Å². The summed E-state index contributed by atoms with van der Waals surface area (Å²) in [7, 11) is 0. The van der Waals surface area contributed by atoms with E-state index in [0.717, 1.165) is 32.6 Å². The first-order chi connectivity index (χ1) is 13.4. The molecule has 3 aromatic carbocycles. The summed E-state index contributed by atoms with van der Waals surface area (Å²) in [5.41, 5.74) is 5.66. The van der Waals surface area contributed by atoms with Gasteiger partial charge in [0, 0.05) is 13.1 Å². The molecule has 0 spiro atoms. The first kappa shape index (κ1) is 17.7. The fourth-order valence-electron chi connectivity index (χ4n) is 3.98. The van der Waals surface area contributed by atoms with Crippen LogP contribution in [0.4, 0.5) is 11.4 Å². The third-order valence-electron chi connectivity index (χ3n) is 5.38. The average Bonchev–Trinajstić information content (AvgIpc) is 3.08. The van der Waals surface area contributed by atoms with Crippen molar-refractivity contribution in [1.29, 1.82) is 0 Å². The quantitative estimate of drug-likeness (QED) is 0.523. The number of aryl methyl sites for hydroxylation is 2. The third-order valence-corrected chi connectivity index (χ3v) is 5.38. The van der Waals surface area contributed by atoms with Crippen molar-refractivity contribution in [2.75, 3.05) is 29.6 Å². The van der Waals surface area contributed by atoms with Crippen LogP contribution < -0.4 is 9.80 Å². The minimum absolute atomic E-state index is 1.02. The molecular weight excluding hydrogens is 328 g/mol. The molecule has 1 heterocycles. The van der Waals surface area contributed by atoms with Gasteiger partial charge in [0.15, 0.2) is 0 Å². The van der Waals surface area contributed by atoms with Crippen molar-refractivity contribution in [2.24, 2.45) is 0 Å². The Balaban J connectivity index is 1.33. The van der Waals surface area contributed by atoms with Crippen LogP contribution in [0.15, 0.2) is 84.9 Å². The maximum absolute atomic E-state index is 2.54. The van der Waals surface area contributed by atoms with E-state index < -0.39 is 0 Å². The number of para-hydroxylation sites is 2. The Morgan fingerprint density at radius 1 is 0.519 bits per heavy atom. The molecule has 2 heteroatoms. The highest BCUT2D eigenvalue weighted by molar-refractivity contribution is 5.76. The molecular formula is C25H28N2. The maximum Gasteiger partial charge on any atom is 0.0904 e. The number of fused-ring (bicyclic) bond motifs is 1. The predicted molar refractivity (Wildman–Crippen MR) is 116 cm³/mol. The van der Waals surface area contributed by atoms with Gasteiger partial charge in [-0.25, -0.2) is 0 Å². The summed E-state index contributed by atoms with van der Waals surface area (Å²) in [6.07, 6.45) is 4.67. The van der Waals surface area contributed by atoms with Crippen LogP contribution in [0.25, 0.3) is 0 Å². The lowest BCUT2D eigenvalue weighted by Crippen LogP contribution is -2.32. The second-order valence-electron chi connectivity index (χ2n) is 7.34. The molecule has 0 unspecified atom stereocenters. The zero-order chi connectivity index (χ0) is 18.3. The van der Waals surface area contributed by atoms with Gasteiger partial charge in [0.05, 0.1) is 18.0 Å². The number of hydrogen-bond donors (Lipinski definition) is 0. The smallest absolute Gasteiger partial charge is 0.0904 e. The van der Waals surface area contributed by atoms with Crippen molar-refractivity contribution in [3.05, 3.63) is 96.1 Å². The number of nitrogens with zero attached hydrogens (tertiary/aromatic N) is 2. The van der Waals surface area contributed by atoms with Crippen LogP contribution in [0, 0.1) is 0 Å². The lowest BCUT2D eigenvalue weighted by Gasteiger charge is -2.22. The number of benzene rings is 3. The Morgan fingerprint density at radius 2 is 0.926 bits per heavy atom. The molecule has 1 aliphatic rings. The van der Waals surface area contributed by atoms with Crippen molar-refractivity contribution >= 4 is 11.4 Å². The van der Waals surface area contributed by atoms with Crippen molar-refractivity contribution < 1.29 is 0 Å². The van der Waals surface area contributed by atoms with Crippen LogP contribution in [-0.4, -0.2) is 19.8 Å². The summed E-state index contributed by atoms with van der Waals surface area (Å²) >= 11 is 0. The van der Waals surface area contributed by atoms with Crippen LogP contribution in [0.5, 0.6) is 0 Å². The van der Waals surface area contributed by atoms with Crippen molar-refractivity contribution in [3.63, 3.8) is 0 Å². The standard InChI is InChI=1S/C25H28N2/c1-3-11-22(12-4-1)15-9-19-26-21-27(25-18-8-7-17-24(25)26)20-10-16-23-13-5-2-6-14-23/h1-8,11-14,17-18H,9-10,15-16,19-21H2. The molecule has 0 bridgehead atoms. The number of rotatable bonds is 8. The fourth-order valence-corrected chi connectivity index (χ4v) is 3.98. The minimum Gasteiger partial charge on any atom is -0.352 e. The van der Waals surface area contributed by atoms with Crippen molar-refractivity contribution in [3.8, 4) is 0 Å². The Morgan fingerprint density at radius 3 is 1.37 bits per heavy atom. The predicted octanol–water partition coefficient (Wildman–Crippen LogP) is 5.54. The summed E-state index contributed by atoms with van der Waals surface area (Å²) in [4.78, 5) is 5.08. The van der Waals surface area contributed by atoms with Crippen molar-refractivity contribution in [2.45, 2.75) is 25.7 Å². The molecule has 0 saturated carbocycles. The van der Waals surface area contributed by atoms with E-state index in [1.54, 1.807) is 0 Å². The van der Waals surface area contributed by atoms with E-state index in [1.165, 1.54) is 35.3 Å². The first-order valence-electron chi connectivity index (χ1n) is 10.1. The summed E-state index contributed by atoms with van der Waals surface area (Å²) < 4.78 is 0. The highest BCUT2D eigenvalue weighted by atomic mass is 15.4. The van der Waals surface area contributed by atoms with Crippen LogP contribution in [0.2, 0.25) is 0 Å². The zero-order valence-electron chi connectivity index (χ0n) is 15.9. The second kappa shape index (κ2) is 8.77. The van der Waals surface area contributed by atoms with Gasteiger partial charge in [0.1, 0.15) is 0 Å². The molecule has 2 nitrogen and oxygen atoms in total. The fraction of sp³-hybridized carbons (Fsp3) is 0.280. The van der Waals surface area contributed by atoms with Crippen LogP contribution in [-0.2, 0) is 12.8 Å². The molecule has 0 N–H and O–H groups in total. The lowest BCUT2D eigenvalue weighted by molar-refractivity contribution is 0.697. The second-order valence-corrected chi connectivity index (χ2v) is 7.34. The van der Waals surface area contributed by atoms with E-state index >= 15 is 0 Å². The van der Waals surface area contributed by atoms with Gasteiger partial charge in [-0.1, -0.05) is 72.8 Å². The SMILES string of the molecule is c1ccc(CCCN2CN(CCCc3ccccc3)c3ccccc32)cc1. The van der Waals surface area contributed by atoms with Crippen molar-refractivity contribution in [1.82, 2.24) is 0 Å². The summed E-state index contributed by atoms with van der Waals surface area (Å²) in [5, 5.41) is 0. The molecule has 0 saturated heterocycles. The monoisotopic (exact) mass is 356 g/mol. The topological polar surface area (TPSA) is 6.48 Å². The summed E-state index contributed by atoms with van der Waals surface area (Å²) in [6.45, 7) is 3.24. The highest BCUT2D eigenvalue weighted by Gasteiger charge is 2.24. The van der Waals surface area contributed by atoms with Gasteiger partial charge in [-0.15, -0.1) is 0 Å². The molecule has 0 radical (unpaired) electrons. The molecule has 0 amide bonds. The van der Waals surface area contributed by atoms with Gasteiger partial charge < -0.3 is 9.80 Å². The molecule has 3 aromatic rings. The van der Waals surface area contributed by atoms with Crippen LogP contribution in [0.1, 0.15) is 24.0 Å². The van der Waals surface area contributed by atoms with Gasteiger partial charge in [-0.3, -0.25) is 0 Å². The zero-order valence-corrected chi connectivity index (χ0v) is 15.9. The molecule has 0 atom stereocenters. The van der Waals surface area contributed by atoms with E-state index in [4.69, 9.17) is 0 Å². The molecule has 0 aromatic heterocycles. The van der Waals surface area contributed by atoms with E-state index in [2.05, 4.69) is 94.7 Å². The first-order valence-corrected chi connectivity index (χ1v) is 10.1. The molecule has 4 rings (SSSR count). The average molecular weight is 357 g/mol. The van der Waals surface area contributed by atoms with Crippen LogP contribution >= 0.6 is 0 Å². The summed E-state index contributed by atoms with van der Waals surface area (Å²) in [6, 6.07) is 30.5. The van der Waals surface area contributed by atoms with E-state index in [1.807, 2.05) is 0 Å². The third kappa shape index (κ3) is 4.51. The molecule has 1 aliphatic heterocycles. The molecule has 0 fully saturated rings. The minimum atomic E-state index is 1.02. The molecule has 138 valence electrons. The normalized spacial score (nSPS) is 13.0. The van der Waals surface area contributed by atoms with Gasteiger partial charge in [-0.05, 0) is 48.9 Å². The van der Waals surface area contributed by atoms with Crippen LogP contribution in [0.3, 0.4) is 0 Å². The lowest BCUT2D eigenvalue weighted by atomic mass is 10.1. The highest BCUT2D eigenvalue weighted by Crippen LogP contribution is 2.35. The maximum atomic E-state index is 2.54. The van der Waals surface area contributed by atoms with Gasteiger partial charge in [0.25, 0.3) is 0 Å². The van der Waals surface area contributed by atoms with E-state index in [-0.39, 0.29) is 0 Å². The number of anilines is 2.